The van der Waals surface area contributed by atoms with Gasteiger partial charge in [0.25, 0.3) is 0 Å². The molecule has 5 heterocycles. The van der Waals surface area contributed by atoms with Gasteiger partial charge in [-0.2, -0.15) is 0 Å². The molecule has 2 saturated heterocycles. The quantitative estimate of drug-likeness (QED) is 0.201. The maximum atomic E-state index is 13.6. The van der Waals surface area contributed by atoms with Crippen molar-refractivity contribution < 1.29 is 19.1 Å². The number of carbonyl (C=O) groups excluding carboxylic acids is 3. The van der Waals surface area contributed by atoms with E-state index in [0.717, 1.165) is 88.8 Å². The van der Waals surface area contributed by atoms with E-state index in [1.54, 1.807) is 0 Å². The minimum absolute atomic E-state index is 0.0334. The largest absolute Gasteiger partial charge is 0.453 e. The first-order valence-electron chi connectivity index (χ1n) is 17.8. The first kappa shape index (κ1) is 33.7. The van der Waals surface area contributed by atoms with Crippen molar-refractivity contribution in [1.82, 2.24) is 40.0 Å². The number of carbonyl (C=O) groups is 3. The zero-order valence-electron chi connectivity index (χ0n) is 29.5. The van der Waals surface area contributed by atoms with Gasteiger partial charge in [-0.3, -0.25) is 9.59 Å². The number of aromatic amines is 2. The van der Waals surface area contributed by atoms with Crippen molar-refractivity contribution in [3.05, 3.63) is 53.1 Å². The molecular formula is C37H47N9O4. The van der Waals surface area contributed by atoms with Crippen molar-refractivity contribution >= 4 is 51.4 Å². The van der Waals surface area contributed by atoms with Gasteiger partial charge in [0.15, 0.2) is 5.82 Å². The highest BCUT2D eigenvalue weighted by atomic mass is 16.5. The molecule has 2 fully saturated rings. The lowest BCUT2D eigenvalue weighted by Gasteiger charge is -2.30. The average molecular weight is 682 g/mol. The number of methoxy groups -OCH3 is 1. The molecule has 13 heteroatoms. The fraction of sp³-hybridized carbons (Fsp3) is 0.514. The highest BCUT2D eigenvalue weighted by Crippen LogP contribution is 2.37. The van der Waals surface area contributed by atoms with Crippen LogP contribution in [0, 0.1) is 11.8 Å². The van der Waals surface area contributed by atoms with Crippen molar-refractivity contribution in [2.75, 3.05) is 20.2 Å². The van der Waals surface area contributed by atoms with Gasteiger partial charge < -0.3 is 35.6 Å². The van der Waals surface area contributed by atoms with Gasteiger partial charge in [0.05, 0.1) is 36.4 Å². The Balaban J connectivity index is 1.12. The van der Waals surface area contributed by atoms with E-state index in [9.17, 15) is 14.4 Å². The standard InChI is InChI=1S/C37H47N9O4/c1-19(2)30(38)35(47)45-14-6-9-29(45)34-41-25-13-10-21-16-26(39-18-23(21)32(25)43-34)22-11-12-24-27(17-22)42-33(40-24)28-8-7-15-46(28)36(48)31(20(3)4)44-37(49)50-5/h10,13,16-20,28-31,39H,6-9,11-12,14-15,38H2,1-5H3,(H,40,42)(H,44,49)/t28-,29-,30-,31-/m0/s1. The van der Waals surface area contributed by atoms with Gasteiger partial charge in [-0.25, -0.2) is 19.7 Å². The van der Waals surface area contributed by atoms with Gasteiger partial charge in [-0.05, 0) is 79.5 Å². The number of nitrogens with one attached hydrogen (secondary N) is 3. The third-order valence-electron chi connectivity index (χ3n) is 10.6. The third kappa shape index (κ3) is 6.12. The van der Waals surface area contributed by atoms with Crippen LogP contribution in [0.2, 0.25) is 0 Å². The lowest BCUT2D eigenvalue weighted by molar-refractivity contribution is -0.136. The Hall–Kier alpha value is -4.78. The molecule has 0 bridgehead atoms. The number of H-pyrrole nitrogens is 2. The summed E-state index contributed by atoms with van der Waals surface area (Å²) in [7, 11) is 1.30. The van der Waals surface area contributed by atoms with Gasteiger partial charge in [-0.15, -0.1) is 0 Å². The smallest absolute Gasteiger partial charge is 0.407 e. The lowest BCUT2D eigenvalue weighted by atomic mass is 9.96. The second-order valence-corrected chi connectivity index (χ2v) is 14.5. The molecule has 3 aromatic heterocycles. The summed E-state index contributed by atoms with van der Waals surface area (Å²) in [5.41, 5.74) is 12.0. The topological polar surface area (TPSA) is 175 Å². The van der Waals surface area contributed by atoms with E-state index in [2.05, 4.69) is 33.5 Å². The number of fused-ring (bicyclic) bond motifs is 4. The highest BCUT2D eigenvalue weighted by Gasteiger charge is 2.38. The number of ether oxygens (including phenoxy) is 1. The lowest BCUT2D eigenvalue weighted by Crippen LogP contribution is -2.51. The molecule has 1 aliphatic carbocycles. The van der Waals surface area contributed by atoms with Crippen molar-refractivity contribution in [1.29, 1.82) is 0 Å². The molecule has 4 aromatic rings. The predicted molar refractivity (Wildman–Crippen MR) is 191 cm³/mol. The van der Waals surface area contributed by atoms with Crippen LogP contribution in [0.25, 0.3) is 33.5 Å². The number of alkyl carbamates (subject to hydrolysis) is 1. The van der Waals surface area contributed by atoms with Crippen molar-refractivity contribution in [3.63, 3.8) is 0 Å². The number of benzene rings is 1. The molecule has 13 nitrogen and oxygen atoms in total. The summed E-state index contributed by atoms with van der Waals surface area (Å²) in [5, 5.41) is 4.74. The maximum Gasteiger partial charge on any atom is 0.407 e. The normalized spacial score (nSPS) is 20.4. The number of aromatic nitrogens is 5. The fourth-order valence-electron chi connectivity index (χ4n) is 7.63. The molecule has 0 spiro atoms. The highest BCUT2D eigenvalue weighted by molar-refractivity contribution is 6.04. The number of hydrogen-bond acceptors (Lipinski definition) is 8. The molecule has 1 aromatic carbocycles. The van der Waals surface area contributed by atoms with Crippen LogP contribution in [0.5, 0.6) is 0 Å². The molecule has 0 radical (unpaired) electrons. The zero-order chi connectivity index (χ0) is 35.3. The van der Waals surface area contributed by atoms with Crippen LogP contribution in [0.1, 0.15) is 101 Å². The molecule has 4 atom stereocenters. The Morgan fingerprint density at radius 3 is 2.42 bits per heavy atom. The molecule has 5 N–H and O–H groups in total. The van der Waals surface area contributed by atoms with Crippen LogP contribution >= 0.6 is 0 Å². The van der Waals surface area contributed by atoms with Crippen LogP contribution < -0.4 is 11.1 Å². The van der Waals surface area contributed by atoms with E-state index in [4.69, 9.17) is 25.4 Å². The molecule has 2 aliphatic heterocycles. The fourth-order valence-corrected chi connectivity index (χ4v) is 7.63. The van der Waals surface area contributed by atoms with Gasteiger partial charge in [-0.1, -0.05) is 33.8 Å². The number of pyridine rings is 1. The first-order valence-corrected chi connectivity index (χ1v) is 17.8. The first-order chi connectivity index (χ1) is 24.0. The number of imidazole rings is 2. The van der Waals surface area contributed by atoms with E-state index in [0.29, 0.717) is 18.9 Å². The van der Waals surface area contributed by atoms with Crippen LogP contribution in [0.15, 0.2) is 24.4 Å². The monoisotopic (exact) mass is 681 g/mol. The average Bonchev–Trinajstić information content (AvgIpc) is 3.93. The molecule has 3 aliphatic rings. The SMILES string of the molecule is COC(=O)N[C@H](C(=O)N1CCC[C@H]1c1nc2c([nH]1)CCC(c1cc3ccc4nc([C@@H]5CCCN5C(=O)[C@@H](N)C(C)C)nc4c3c[nH]1)=C2)C(C)C. The summed E-state index contributed by atoms with van der Waals surface area (Å²) >= 11 is 0. The number of rotatable bonds is 8. The zero-order valence-corrected chi connectivity index (χ0v) is 29.5. The second kappa shape index (κ2) is 13.5. The molecule has 0 unspecified atom stereocenters. The second-order valence-electron chi connectivity index (χ2n) is 14.5. The summed E-state index contributed by atoms with van der Waals surface area (Å²) in [6.07, 6.45) is 8.54. The molecule has 264 valence electrons. The van der Waals surface area contributed by atoms with E-state index in [-0.39, 0.29) is 35.7 Å². The van der Waals surface area contributed by atoms with Crippen molar-refractivity contribution in [2.24, 2.45) is 17.6 Å². The Labute approximate surface area is 291 Å². The molecule has 7 rings (SSSR count). The summed E-state index contributed by atoms with van der Waals surface area (Å²) < 4.78 is 4.77. The Kier molecular flexibility index (Phi) is 9.10. The van der Waals surface area contributed by atoms with Crippen LogP contribution in [-0.4, -0.2) is 84.9 Å². The van der Waals surface area contributed by atoms with Crippen molar-refractivity contribution in [3.8, 4) is 0 Å². The number of aryl methyl sites for hydroxylation is 1. The Bertz CT molecular complexity index is 1980. The van der Waals surface area contributed by atoms with E-state index in [1.165, 1.54) is 7.11 Å². The van der Waals surface area contributed by atoms with Gasteiger partial charge in [0, 0.05) is 36.1 Å². The molecule has 0 saturated carbocycles. The maximum absolute atomic E-state index is 13.6. The third-order valence-corrected chi connectivity index (χ3v) is 10.6. The summed E-state index contributed by atoms with van der Waals surface area (Å²) in [5.74, 6) is 1.27. The van der Waals surface area contributed by atoms with Crippen molar-refractivity contribution in [2.45, 2.75) is 90.4 Å². The number of amides is 3. The summed E-state index contributed by atoms with van der Waals surface area (Å²) in [4.78, 5) is 64.3. The van der Waals surface area contributed by atoms with E-state index >= 15 is 0 Å². The Morgan fingerprint density at radius 2 is 1.70 bits per heavy atom. The van der Waals surface area contributed by atoms with Gasteiger partial charge >= 0.3 is 6.09 Å². The minimum Gasteiger partial charge on any atom is -0.453 e. The number of allylic oxidation sites excluding steroid dienone is 1. The van der Waals surface area contributed by atoms with Crippen LogP contribution in [-0.2, 0) is 20.7 Å². The van der Waals surface area contributed by atoms with Gasteiger partial charge in [0.2, 0.25) is 11.8 Å². The van der Waals surface area contributed by atoms with Crippen LogP contribution in [0.4, 0.5) is 4.79 Å². The summed E-state index contributed by atoms with van der Waals surface area (Å²) in [6.45, 7) is 9.05. The summed E-state index contributed by atoms with van der Waals surface area (Å²) in [6, 6.07) is 4.67. The van der Waals surface area contributed by atoms with Gasteiger partial charge in [0.1, 0.15) is 17.4 Å². The van der Waals surface area contributed by atoms with Crippen LogP contribution in [0.3, 0.4) is 0 Å². The molecule has 3 amide bonds. The Morgan fingerprint density at radius 1 is 0.960 bits per heavy atom. The predicted octanol–water partition coefficient (Wildman–Crippen LogP) is 5.01. The minimum atomic E-state index is -0.676. The number of nitrogens with zero attached hydrogens (tertiary/aromatic N) is 5. The van der Waals surface area contributed by atoms with E-state index < -0.39 is 18.2 Å². The number of nitrogens with two attached hydrogens (primary N) is 1. The number of likely N-dealkylation sites (tertiary alicyclic amines) is 2. The molecule has 50 heavy (non-hydrogen) atoms. The number of hydrogen-bond donors (Lipinski definition) is 4. The van der Waals surface area contributed by atoms with E-state index in [1.807, 2.05) is 49.8 Å². The molecular weight excluding hydrogens is 634 g/mol.